The maximum absolute atomic E-state index is 2.38. The fourth-order valence-electron chi connectivity index (χ4n) is 14.2. The third-order valence-corrected chi connectivity index (χ3v) is 18.4. The summed E-state index contributed by atoms with van der Waals surface area (Å²) in [5.74, 6) is 0. The van der Waals surface area contributed by atoms with Crippen molar-refractivity contribution in [2.75, 3.05) is 0 Å². The summed E-state index contributed by atoms with van der Waals surface area (Å²) in [7, 11) is 0. The summed E-state index contributed by atoms with van der Waals surface area (Å²) < 4.78 is 0. The molecule has 0 saturated carbocycles. The Morgan fingerprint density at radius 3 is 0.682 bits per heavy atom. The minimum Gasteiger partial charge on any atom is -0.0616 e. The monoisotopic (exact) mass is 1110 g/mol. The van der Waals surface area contributed by atoms with Gasteiger partial charge >= 0.3 is 0 Å². The van der Waals surface area contributed by atoms with E-state index in [-0.39, 0.29) is 0 Å². The lowest BCUT2D eigenvalue weighted by molar-refractivity contribution is 1.66. The molecule has 0 bridgehead atoms. The summed E-state index contributed by atoms with van der Waals surface area (Å²) in [5.41, 5.74) is 15.1. The molecule has 0 fully saturated rings. The van der Waals surface area contributed by atoms with Crippen LogP contribution < -0.4 is 0 Å². The zero-order valence-electron chi connectivity index (χ0n) is 48.3. The van der Waals surface area contributed by atoms with E-state index in [1.807, 2.05) is 0 Å². The molecule has 408 valence electrons. The standard InChI is InChI=1S/2C44H28/c1-3-11-32-25-34(21-17-29(32)9-1)35-22-18-31-20-24-37(28-38(31)27-35)44-41-15-7-5-13-39(41)43(40-14-6-8-16-42(40)44)36-23-19-30-10-2-4-12-33(30)26-36;1-2-12-32-26-34(24-21-29(32)10-1)43-39-15-5-7-17-41(39)44(42-18-8-6-16-40(42)43)35-25-22-30-20-23-33(27-36(30)28-35)38-19-9-13-31-11-3-4-14-37(31)38/h2*1-28H. The van der Waals surface area contributed by atoms with Crippen molar-refractivity contribution < 1.29 is 0 Å². The minimum atomic E-state index is 1.24. The van der Waals surface area contributed by atoms with Crippen molar-refractivity contribution in [1.82, 2.24) is 0 Å². The molecular formula is C88H56. The van der Waals surface area contributed by atoms with Crippen molar-refractivity contribution >= 4 is 108 Å². The molecule has 18 aromatic rings. The van der Waals surface area contributed by atoms with Crippen LogP contribution in [-0.4, -0.2) is 0 Å². The van der Waals surface area contributed by atoms with Gasteiger partial charge in [-0.2, -0.15) is 0 Å². The highest BCUT2D eigenvalue weighted by molar-refractivity contribution is 6.24. The average molecular weight is 1110 g/mol. The quantitative estimate of drug-likeness (QED) is 0.146. The summed E-state index contributed by atoms with van der Waals surface area (Å²) in [4.78, 5) is 0. The second kappa shape index (κ2) is 21.3. The van der Waals surface area contributed by atoms with Gasteiger partial charge in [0.2, 0.25) is 0 Å². The Bertz CT molecular complexity index is 5700. The Kier molecular flexibility index (Phi) is 12.3. The summed E-state index contributed by atoms with van der Waals surface area (Å²) in [6, 6.07) is 125. The number of hydrogen-bond donors (Lipinski definition) is 0. The van der Waals surface area contributed by atoms with E-state index in [0.29, 0.717) is 0 Å². The summed E-state index contributed by atoms with van der Waals surface area (Å²) >= 11 is 0. The van der Waals surface area contributed by atoms with Crippen LogP contribution in [0, 0.1) is 0 Å². The molecule has 0 N–H and O–H groups in total. The van der Waals surface area contributed by atoms with E-state index in [1.165, 1.54) is 174 Å². The van der Waals surface area contributed by atoms with Crippen LogP contribution in [0.5, 0.6) is 0 Å². The largest absolute Gasteiger partial charge is 0.0616 e. The van der Waals surface area contributed by atoms with E-state index >= 15 is 0 Å². The van der Waals surface area contributed by atoms with E-state index in [9.17, 15) is 0 Å². The lowest BCUT2D eigenvalue weighted by atomic mass is 9.85. The first-order chi connectivity index (χ1) is 43.6. The van der Waals surface area contributed by atoms with Gasteiger partial charge < -0.3 is 0 Å². The Morgan fingerprint density at radius 2 is 0.330 bits per heavy atom. The highest BCUT2D eigenvalue weighted by atomic mass is 14.2. The van der Waals surface area contributed by atoms with Crippen molar-refractivity contribution in [3.05, 3.63) is 340 Å². The molecule has 0 atom stereocenters. The lowest BCUT2D eigenvalue weighted by Crippen LogP contribution is -1.91. The normalized spacial score (nSPS) is 11.6. The molecule has 18 rings (SSSR count). The molecule has 0 aliphatic carbocycles. The molecule has 0 heterocycles. The first-order valence-electron chi connectivity index (χ1n) is 30.5. The van der Waals surface area contributed by atoms with Crippen molar-refractivity contribution in [1.29, 1.82) is 0 Å². The predicted molar refractivity (Wildman–Crippen MR) is 381 cm³/mol. The molecule has 0 aromatic heterocycles. The van der Waals surface area contributed by atoms with Gasteiger partial charge in [-0.25, -0.2) is 0 Å². The fraction of sp³-hybridized carbons (Fsp3) is 0. The first-order valence-corrected chi connectivity index (χ1v) is 30.5. The zero-order chi connectivity index (χ0) is 58.1. The Hall–Kier alpha value is -11.4. The molecule has 88 heavy (non-hydrogen) atoms. The molecule has 0 aliphatic rings. The van der Waals surface area contributed by atoms with Gasteiger partial charge in [-0.05, 0) is 217 Å². The van der Waals surface area contributed by atoms with Crippen LogP contribution in [0.4, 0.5) is 0 Å². The smallest absolute Gasteiger partial charge is 0.00262 e. The van der Waals surface area contributed by atoms with E-state index in [2.05, 4.69) is 340 Å². The topological polar surface area (TPSA) is 0 Å². The van der Waals surface area contributed by atoms with Crippen molar-refractivity contribution in [2.45, 2.75) is 0 Å². The van der Waals surface area contributed by atoms with Crippen LogP contribution in [-0.2, 0) is 0 Å². The Balaban J connectivity index is 0.000000137. The highest BCUT2D eigenvalue weighted by Gasteiger charge is 2.20. The minimum absolute atomic E-state index is 1.24. The van der Waals surface area contributed by atoms with E-state index in [0.717, 1.165) is 0 Å². The summed E-state index contributed by atoms with van der Waals surface area (Å²) in [6.07, 6.45) is 0. The summed E-state index contributed by atoms with van der Waals surface area (Å²) in [6.45, 7) is 0. The van der Waals surface area contributed by atoms with Gasteiger partial charge in [0.05, 0.1) is 0 Å². The van der Waals surface area contributed by atoms with Crippen LogP contribution >= 0.6 is 0 Å². The third-order valence-electron chi connectivity index (χ3n) is 18.4. The Labute approximate surface area is 511 Å². The van der Waals surface area contributed by atoms with Crippen molar-refractivity contribution in [2.24, 2.45) is 0 Å². The van der Waals surface area contributed by atoms with Crippen molar-refractivity contribution in [3.63, 3.8) is 0 Å². The van der Waals surface area contributed by atoms with Gasteiger partial charge in [0.25, 0.3) is 0 Å². The Morgan fingerprint density at radius 1 is 0.114 bits per heavy atom. The summed E-state index contributed by atoms with van der Waals surface area (Å²) in [5, 5.41) is 25.4. The van der Waals surface area contributed by atoms with Gasteiger partial charge in [0.1, 0.15) is 0 Å². The van der Waals surface area contributed by atoms with Crippen LogP contribution in [0.3, 0.4) is 0 Å². The molecule has 18 aromatic carbocycles. The van der Waals surface area contributed by atoms with Gasteiger partial charge in [0, 0.05) is 0 Å². The number of benzene rings is 18. The number of rotatable bonds is 6. The third kappa shape index (κ3) is 8.85. The fourth-order valence-corrected chi connectivity index (χ4v) is 14.2. The van der Waals surface area contributed by atoms with Gasteiger partial charge in [0.15, 0.2) is 0 Å². The van der Waals surface area contributed by atoms with Gasteiger partial charge in [-0.15, -0.1) is 0 Å². The average Bonchev–Trinajstić information content (AvgIpc) is 1.35. The zero-order valence-corrected chi connectivity index (χ0v) is 48.3. The number of fused-ring (bicyclic) bond motifs is 10. The molecule has 0 spiro atoms. The molecule has 0 radical (unpaired) electrons. The second-order valence-electron chi connectivity index (χ2n) is 23.4. The molecule has 0 saturated heterocycles. The molecular weight excluding hydrogens is 1060 g/mol. The lowest BCUT2D eigenvalue weighted by Gasteiger charge is -2.18. The first kappa shape index (κ1) is 51.0. The predicted octanol–water partition coefficient (Wildman–Crippen LogP) is 24.9. The van der Waals surface area contributed by atoms with E-state index in [4.69, 9.17) is 0 Å². The van der Waals surface area contributed by atoms with Gasteiger partial charge in [-0.3, -0.25) is 0 Å². The maximum Gasteiger partial charge on any atom is -0.00262 e. The van der Waals surface area contributed by atoms with Crippen LogP contribution in [0.2, 0.25) is 0 Å². The van der Waals surface area contributed by atoms with Crippen LogP contribution in [0.1, 0.15) is 0 Å². The van der Waals surface area contributed by atoms with E-state index in [1.54, 1.807) is 0 Å². The second-order valence-corrected chi connectivity index (χ2v) is 23.4. The highest BCUT2D eigenvalue weighted by Crippen LogP contribution is 2.47. The molecule has 0 amide bonds. The van der Waals surface area contributed by atoms with Crippen molar-refractivity contribution in [3.8, 4) is 66.8 Å². The van der Waals surface area contributed by atoms with E-state index < -0.39 is 0 Å². The maximum atomic E-state index is 2.38. The molecule has 0 aliphatic heterocycles. The number of hydrogen-bond acceptors (Lipinski definition) is 0. The van der Waals surface area contributed by atoms with Crippen LogP contribution in [0.25, 0.3) is 174 Å². The molecule has 0 unspecified atom stereocenters. The van der Waals surface area contributed by atoms with Gasteiger partial charge in [-0.1, -0.05) is 297 Å². The van der Waals surface area contributed by atoms with Crippen LogP contribution in [0.15, 0.2) is 340 Å². The molecule has 0 nitrogen and oxygen atoms in total. The SMILES string of the molecule is c1ccc2cc(-c3c4ccccc4c(-c4ccc5ccc(-c6cccc7ccccc67)cc5c4)c4ccccc34)ccc2c1.c1ccc2cc(-c3ccc4ccc(-c5c6ccccc6c(-c6ccc7ccccc7c6)c6ccccc56)cc4c3)ccc2c1. The molecule has 0 heteroatoms.